The summed E-state index contributed by atoms with van der Waals surface area (Å²) in [5.74, 6) is 0.760. The fourth-order valence-electron chi connectivity index (χ4n) is 4.68. The van der Waals surface area contributed by atoms with Crippen molar-refractivity contribution in [2.45, 2.75) is 38.1 Å². The minimum atomic E-state index is -0.0584. The highest BCUT2D eigenvalue weighted by Gasteiger charge is 2.24. The van der Waals surface area contributed by atoms with Gasteiger partial charge in [-0.1, -0.05) is 6.58 Å². The summed E-state index contributed by atoms with van der Waals surface area (Å²) in [4.78, 5) is 32.5. The summed E-state index contributed by atoms with van der Waals surface area (Å²) in [6.45, 7) is 7.74. The third-order valence-corrected chi connectivity index (χ3v) is 7.75. The number of carbonyl (C=O) groups excluding carboxylic acids is 2. The number of amides is 2. The average molecular weight is 504 g/mol. The Bertz CT molecular complexity index is 1380. The van der Waals surface area contributed by atoms with E-state index in [1.54, 1.807) is 10.7 Å². The predicted molar refractivity (Wildman–Crippen MR) is 141 cm³/mol. The van der Waals surface area contributed by atoms with Gasteiger partial charge in [-0.25, -0.2) is 4.98 Å². The summed E-state index contributed by atoms with van der Waals surface area (Å²) in [5, 5.41) is 15.9. The van der Waals surface area contributed by atoms with Gasteiger partial charge in [0, 0.05) is 47.4 Å². The maximum atomic E-state index is 12.7. The fraction of sp³-hybridized carbons (Fsp3) is 0.385. The summed E-state index contributed by atoms with van der Waals surface area (Å²) in [6.07, 6.45) is 8.74. The third-order valence-electron chi connectivity index (χ3n) is 6.82. The number of thiophene rings is 1. The Labute approximate surface area is 213 Å². The van der Waals surface area contributed by atoms with Crippen LogP contribution in [-0.2, 0) is 4.79 Å². The Hall–Kier alpha value is -3.50. The first-order chi connectivity index (χ1) is 17.5. The average Bonchev–Trinajstić information content (AvgIpc) is 3.27. The molecule has 3 N–H and O–H groups in total. The molecule has 2 saturated heterocycles. The molecule has 0 atom stereocenters. The van der Waals surface area contributed by atoms with Crippen molar-refractivity contribution in [2.75, 3.05) is 31.5 Å². The molecule has 186 valence electrons. The highest BCUT2D eigenvalue weighted by Crippen LogP contribution is 2.32. The second-order valence-electron chi connectivity index (χ2n) is 9.66. The van der Waals surface area contributed by atoms with Crippen molar-refractivity contribution >= 4 is 40.7 Å². The first kappa shape index (κ1) is 22.9. The molecule has 9 nitrogen and oxygen atoms in total. The number of nitrogens with one attached hydrogen (secondary N) is 3. The van der Waals surface area contributed by atoms with E-state index in [1.165, 1.54) is 24.2 Å². The largest absolute Gasteiger partial charge is 0.367 e. The SMILES string of the molecule is C=C1NC(=O)C/C1=C\c1cnn2c(NC3CC3)cc(-c3csc(C(=O)NCCN4CCCC4)c3)nc12. The molecule has 0 radical (unpaired) electrons. The molecule has 5 heterocycles. The molecule has 10 heteroatoms. The minimum absolute atomic E-state index is 0.0467. The van der Waals surface area contributed by atoms with Gasteiger partial charge in [-0.15, -0.1) is 11.3 Å². The molecule has 3 aliphatic rings. The Morgan fingerprint density at radius 1 is 1.28 bits per heavy atom. The number of nitrogens with zero attached hydrogens (tertiary/aromatic N) is 4. The van der Waals surface area contributed by atoms with Crippen LogP contribution in [0.1, 0.15) is 47.3 Å². The maximum Gasteiger partial charge on any atom is 0.261 e. The van der Waals surface area contributed by atoms with Crippen LogP contribution < -0.4 is 16.0 Å². The lowest BCUT2D eigenvalue weighted by Gasteiger charge is -2.14. The lowest BCUT2D eigenvalue weighted by molar-refractivity contribution is -0.118. The number of carbonyl (C=O) groups is 2. The van der Waals surface area contributed by atoms with E-state index in [4.69, 9.17) is 4.98 Å². The number of hydrogen-bond acceptors (Lipinski definition) is 7. The van der Waals surface area contributed by atoms with Crippen LogP contribution in [-0.4, -0.2) is 63.5 Å². The molecule has 6 rings (SSSR count). The van der Waals surface area contributed by atoms with Crippen LogP contribution in [0.15, 0.2) is 41.6 Å². The third kappa shape index (κ3) is 4.78. The molecule has 0 bridgehead atoms. The van der Waals surface area contributed by atoms with E-state index in [1.807, 2.05) is 23.6 Å². The molecular formula is C26H29N7O2S. The van der Waals surface area contributed by atoms with Crippen LogP contribution in [0.25, 0.3) is 23.0 Å². The number of anilines is 1. The highest BCUT2D eigenvalue weighted by molar-refractivity contribution is 7.12. The summed E-state index contributed by atoms with van der Waals surface area (Å²) in [5.41, 5.74) is 4.63. The predicted octanol–water partition coefficient (Wildman–Crippen LogP) is 3.27. The van der Waals surface area contributed by atoms with Crippen molar-refractivity contribution in [2.24, 2.45) is 0 Å². The zero-order chi connectivity index (χ0) is 24.6. The number of aromatic nitrogens is 3. The Morgan fingerprint density at radius 2 is 2.11 bits per heavy atom. The molecule has 3 fully saturated rings. The summed E-state index contributed by atoms with van der Waals surface area (Å²) < 4.78 is 1.81. The quantitative estimate of drug-likeness (QED) is 0.436. The number of fused-ring (bicyclic) bond motifs is 1. The van der Waals surface area contributed by atoms with Gasteiger partial charge in [-0.05, 0) is 56.5 Å². The van der Waals surface area contributed by atoms with Gasteiger partial charge in [0.1, 0.15) is 5.82 Å². The number of hydrogen-bond donors (Lipinski definition) is 3. The van der Waals surface area contributed by atoms with Gasteiger partial charge >= 0.3 is 0 Å². The summed E-state index contributed by atoms with van der Waals surface area (Å²) in [6, 6.07) is 4.34. The van der Waals surface area contributed by atoms with Gasteiger partial charge in [0.15, 0.2) is 5.65 Å². The lowest BCUT2D eigenvalue weighted by atomic mass is 10.1. The molecule has 1 saturated carbocycles. The topological polar surface area (TPSA) is 104 Å². The smallest absolute Gasteiger partial charge is 0.261 e. The van der Waals surface area contributed by atoms with Crippen LogP contribution >= 0.6 is 11.3 Å². The minimum Gasteiger partial charge on any atom is -0.367 e. The molecule has 3 aromatic rings. The standard InChI is InChI=1S/C26H29N7O2S/c1-16-17(12-24(34)29-16)10-18-14-28-33-23(30-20-4-5-20)13-21(31-25(18)33)19-11-22(36-15-19)26(35)27-6-9-32-7-2-3-8-32/h10-11,13-15,20,30H,1-9,12H2,(H,27,35)(H,29,34)/b17-10+. The molecule has 0 aromatic carbocycles. The van der Waals surface area contributed by atoms with E-state index >= 15 is 0 Å². The second-order valence-corrected chi connectivity index (χ2v) is 10.6. The van der Waals surface area contributed by atoms with Crippen molar-refractivity contribution in [1.29, 1.82) is 0 Å². The number of allylic oxidation sites excluding steroid dienone is 1. The first-order valence-corrected chi connectivity index (χ1v) is 13.4. The van der Waals surface area contributed by atoms with Crippen LogP contribution in [0.5, 0.6) is 0 Å². The molecule has 0 unspecified atom stereocenters. The van der Waals surface area contributed by atoms with Crippen LogP contribution in [0, 0.1) is 0 Å². The van der Waals surface area contributed by atoms with E-state index in [0.717, 1.165) is 60.7 Å². The van der Waals surface area contributed by atoms with E-state index in [2.05, 4.69) is 32.5 Å². The zero-order valence-corrected chi connectivity index (χ0v) is 20.9. The van der Waals surface area contributed by atoms with E-state index in [9.17, 15) is 9.59 Å². The van der Waals surface area contributed by atoms with Crippen molar-refractivity contribution in [3.05, 3.63) is 52.0 Å². The highest BCUT2D eigenvalue weighted by atomic mass is 32.1. The summed E-state index contributed by atoms with van der Waals surface area (Å²) in [7, 11) is 0. The fourth-order valence-corrected chi connectivity index (χ4v) is 5.49. The van der Waals surface area contributed by atoms with Crippen LogP contribution in [0.4, 0.5) is 5.82 Å². The number of likely N-dealkylation sites (tertiary alicyclic amines) is 1. The second kappa shape index (κ2) is 9.51. The Kier molecular flexibility index (Phi) is 6.06. The lowest BCUT2D eigenvalue weighted by Crippen LogP contribution is -2.33. The monoisotopic (exact) mass is 503 g/mol. The summed E-state index contributed by atoms with van der Waals surface area (Å²) >= 11 is 1.43. The Morgan fingerprint density at radius 3 is 2.86 bits per heavy atom. The maximum absolute atomic E-state index is 12.7. The molecule has 0 spiro atoms. The van der Waals surface area contributed by atoms with Crippen molar-refractivity contribution in [3.63, 3.8) is 0 Å². The molecule has 2 amide bonds. The number of rotatable bonds is 8. The van der Waals surface area contributed by atoms with Gasteiger partial charge in [0.2, 0.25) is 5.91 Å². The van der Waals surface area contributed by atoms with E-state index in [0.29, 0.717) is 35.2 Å². The molecule has 1 aliphatic carbocycles. The van der Waals surface area contributed by atoms with E-state index < -0.39 is 0 Å². The van der Waals surface area contributed by atoms with Crippen molar-refractivity contribution < 1.29 is 9.59 Å². The van der Waals surface area contributed by atoms with Gasteiger partial charge in [-0.2, -0.15) is 9.61 Å². The molecule has 2 aliphatic heterocycles. The molecular weight excluding hydrogens is 474 g/mol. The van der Waals surface area contributed by atoms with Crippen molar-refractivity contribution in [3.8, 4) is 11.3 Å². The van der Waals surface area contributed by atoms with Crippen molar-refractivity contribution in [1.82, 2.24) is 30.1 Å². The molecule has 3 aromatic heterocycles. The van der Waals surface area contributed by atoms with Crippen LogP contribution in [0.2, 0.25) is 0 Å². The molecule has 36 heavy (non-hydrogen) atoms. The van der Waals surface area contributed by atoms with Gasteiger partial charge in [0.25, 0.3) is 5.91 Å². The normalized spacial score (nSPS) is 19.4. The van der Waals surface area contributed by atoms with Gasteiger partial charge in [-0.3, -0.25) is 9.59 Å². The van der Waals surface area contributed by atoms with Gasteiger partial charge < -0.3 is 20.9 Å². The first-order valence-electron chi connectivity index (χ1n) is 12.5. The Balaban J connectivity index is 1.27. The zero-order valence-electron chi connectivity index (χ0n) is 20.0. The van der Waals surface area contributed by atoms with Gasteiger partial charge in [0.05, 0.1) is 23.2 Å². The van der Waals surface area contributed by atoms with Crippen LogP contribution in [0.3, 0.4) is 0 Å². The van der Waals surface area contributed by atoms with E-state index in [-0.39, 0.29) is 11.8 Å².